The summed E-state index contributed by atoms with van der Waals surface area (Å²) in [7, 11) is 0. The molecular formula is C15H23N5O. The first-order chi connectivity index (χ1) is 9.93. The van der Waals surface area contributed by atoms with Crippen LogP contribution in [0.1, 0.15) is 40.2 Å². The molecule has 0 aliphatic heterocycles. The van der Waals surface area contributed by atoms with Crippen molar-refractivity contribution in [1.82, 2.24) is 14.8 Å². The zero-order valence-electron chi connectivity index (χ0n) is 13.0. The Bertz CT molecular complexity index is 634. The van der Waals surface area contributed by atoms with Gasteiger partial charge in [-0.25, -0.2) is 9.67 Å². The highest BCUT2D eigenvalue weighted by atomic mass is 16.2. The first-order valence-corrected chi connectivity index (χ1v) is 7.33. The third-order valence-electron chi connectivity index (χ3n) is 3.75. The van der Waals surface area contributed by atoms with E-state index in [1.165, 1.54) is 0 Å². The van der Waals surface area contributed by atoms with Crippen LogP contribution in [0.4, 0.5) is 5.69 Å². The minimum atomic E-state index is -0.510. The summed E-state index contributed by atoms with van der Waals surface area (Å²) in [5.74, 6) is -0.0351. The number of anilines is 1. The van der Waals surface area contributed by atoms with Gasteiger partial charge in [-0.15, -0.1) is 0 Å². The van der Waals surface area contributed by atoms with Crippen LogP contribution in [-0.2, 0) is 4.79 Å². The molecule has 0 fully saturated rings. The number of nitrogens with two attached hydrogens (primary N) is 1. The molecule has 0 saturated carbocycles. The first-order valence-electron chi connectivity index (χ1n) is 7.33. The van der Waals surface area contributed by atoms with Gasteiger partial charge < -0.3 is 11.1 Å². The van der Waals surface area contributed by atoms with Gasteiger partial charge in [0.05, 0.1) is 24.1 Å². The number of nitrogens with zero attached hydrogens (tertiary/aromatic N) is 3. The Labute approximate surface area is 124 Å². The Kier molecular flexibility index (Phi) is 4.57. The Morgan fingerprint density at radius 3 is 2.71 bits per heavy atom. The number of aromatic nitrogens is 3. The van der Waals surface area contributed by atoms with Crippen LogP contribution in [0.2, 0.25) is 0 Å². The fourth-order valence-corrected chi connectivity index (χ4v) is 2.12. The van der Waals surface area contributed by atoms with Gasteiger partial charge in [0.2, 0.25) is 5.91 Å². The summed E-state index contributed by atoms with van der Waals surface area (Å²) in [4.78, 5) is 16.5. The molecule has 114 valence electrons. The molecular weight excluding hydrogens is 266 g/mol. The zero-order valence-corrected chi connectivity index (χ0v) is 13.0. The van der Waals surface area contributed by atoms with E-state index < -0.39 is 6.04 Å². The number of carbonyl (C=O) groups excluding carboxylic acids is 1. The van der Waals surface area contributed by atoms with E-state index in [1.807, 2.05) is 24.6 Å². The normalized spacial score (nSPS) is 14.4. The zero-order chi connectivity index (χ0) is 15.6. The van der Waals surface area contributed by atoms with Crippen molar-refractivity contribution in [1.29, 1.82) is 0 Å². The molecule has 0 radical (unpaired) electrons. The number of rotatable bonds is 5. The van der Waals surface area contributed by atoms with Gasteiger partial charge in [-0.1, -0.05) is 20.3 Å². The summed E-state index contributed by atoms with van der Waals surface area (Å²) in [6.45, 7) is 8.09. The van der Waals surface area contributed by atoms with Crippen LogP contribution in [0.15, 0.2) is 18.5 Å². The van der Waals surface area contributed by atoms with Gasteiger partial charge in [0.25, 0.3) is 0 Å². The van der Waals surface area contributed by atoms with Crippen molar-refractivity contribution in [3.8, 4) is 0 Å². The second-order valence-corrected chi connectivity index (χ2v) is 5.72. The lowest BCUT2D eigenvalue weighted by atomic mass is 9.99. The number of hydrogen-bond donors (Lipinski definition) is 2. The summed E-state index contributed by atoms with van der Waals surface area (Å²) in [6.07, 6.45) is 4.27. The topological polar surface area (TPSA) is 85.8 Å². The molecule has 0 bridgehead atoms. The molecule has 21 heavy (non-hydrogen) atoms. The van der Waals surface area contributed by atoms with Gasteiger partial charge >= 0.3 is 0 Å². The Balaban J connectivity index is 2.18. The molecule has 2 aromatic heterocycles. The monoisotopic (exact) mass is 289 g/mol. The van der Waals surface area contributed by atoms with Crippen LogP contribution in [0, 0.1) is 5.92 Å². The fraction of sp³-hybridized carbons (Fsp3) is 0.533. The maximum atomic E-state index is 12.1. The lowest BCUT2D eigenvalue weighted by Gasteiger charge is -2.17. The van der Waals surface area contributed by atoms with Gasteiger partial charge in [-0.2, -0.15) is 5.10 Å². The van der Waals surface area contributed by atoms with E-state index in [-0.39, 0.29) is 17.9 Å². The number of pyridine rings is 1. The molecule has 2 heterocycles. The molecule has 1 unspecified atom stereocenters. The largest absolute Gasteiger partial charge is 0.323 e. The molecule has 0 saturated heterocycles. The van der Waals surface area contributed by atoms with E-state index >= 15 is 0 Å². The molecule has 0 spiro atoms. The second-order valence-electron chi connectivity index (χ2n) is 5.72. The van der Waals surface area contributed by atoms with Crippen LogP contribution in [-0.4, -0.2) is 26.7 Å². The van der Waals surface area contributed by atoms with Gasteiger partial charge in [0, 0.05) is 11.4 Å². The van der Waals surface area contributed by atoms with E-state index in [2.05, 4.69) is 29.2 Å². The predicted molar refractivity (Wildman–Crippen MR) is 84.0 cm³/mol. The molecule has 0 aliphatic rings. The Morgan fingerprint density at radius 2 is 2.10 bits per heavy atom. The molecule has 2 aromatic rings. The smallest absolute Gasteiger partial charge is 0.241 e. The van der Waals surface area contributed by atoms with Gasteiger partial charge in [0.1, 0.15) is 0 Å². The van der Waals surface area contributed by atoms with E-state index in [0.29, 0.717) is 5.69 Å². The summed E-state index contributed by atoms with van der Waals surface area (Å²) < 4.78 is 1.85. The average molecular weight is 289 g/mol. The van der Waals surface area contributed by atoms with E-state index in [4.69, 9.17) is 5.73 Å². The van der Waals surface area contributed by atoms with Gasteiger partial charge in [-0.05, 0) is 25.8 Å². The number of nitrogens with one attached hydrogen (secondary N) is 1. The van der Waals surface area contributed by atoms with E-state index in [0.717, 1.165) is 17.5 Å². The van der Waals surface area contributed by atoms with Gasteiger partial charge in [0.15, 0.2) is 5.65 Å². The molecule has 2 atom stereocenters. The van der Waals surface area contributed by atoms with E-state index in [1.54, 1.807) is 12.4 Å². The molecule has 3 N–H and O–H groups in total. The van der Waals surface area contributed by atoms with Crippen molar-refractivity contribution < 1.29 is 4.79 Å². The summed E-state index contributed by atoms with van der Waals surface area (Å²) in [5.41, 5.74) is 7.39. The predicted octanol–water partition coefficient (Wildman–Crippen LogP) is 2.32. The number of amides is 1. The summed E-state index contributed by atoms with van der Waals surface area (Å²) in [6, 6.07) is 1.61. The van der Waals surface area contributed by atoms with Crippen molar-refractivity contribution in [2.75, 3.05) is 5.32 Å². The van der Waals surface area contributed by atoms with Crippen LogP contribution < -0.4 is 11.1 Å². The minimum absolute atomic E-state index is 0.144. The molecule has 0 aromatic carbocycles. The fourth-order valence-electron chi connectivity index (χ4n) is 2.12. The highest BCUT2D eigenvalue weighted by molar-refractivity contribution is 5.96. The molecule has 6 nitrogen and oxygen atoms in total. The quantitative estimate of drug-likeness (QED) is 0.884. The number of fused-ring (bicyclic) bond motifs is 1. The SMILES string of the molecule is CCC(C)[C@H](N)C(=O)Nc1cnc2c(cnn2C(C)C)c1. The maximum absolute atomic E-state index is 12.1. The lowest BCUT2D eigenvalue weighted by molar-refractivity contribution is -0.118. The summed E-state index contributed by atoms with van der Waals surface area (Å²) in [5, 5.41) is 8.03. The van der Waals surface area contributed by atoms with Crippen molar-refractivity contribution >= 4 is 22.6 Å². The second kappa shape index (κ2) is 6.22. The first kappa shape index (κ1) is 15.4. The third kappa shape index (κ3) is 3.21. The van der Waals surface area contributed by atoms with Crippen LogP contribution in [0.3, 0.4) is 0 Å². The van der Waals surface area contributed by atoms with Crippen molar-refractivity contribution in [3.63, 3.8) is 0 Å². The van der Waals surface area contributed by atoms with E-state index in [9.17, 15) is 4.79 Å². The molecule has 2 rings (SSSR count). The minimum Gasteiger partial charge on any atom is -0.323 e. The molecule has 1 amide bonds. The standard InChI is InChI=1S/C15H23N5O/c1-5-10(4)13(16)15(21)19-12-6-11-7-18-20(9(2)3)14(11)17-8-12/h6-10,13H,5,16H2,1-4H3,(H,19,21)/t10?,13-/m0/s1. The average Bonchev–Trinajstić information content (AvgIpc) is 2.88. The van der Waals surface area contributed by atoms with Crippen LogP contribution >= 0.6 is 0 Å². The van der Waals surface area contributed by atoms with Crippen molar-refractivity contribution in [2.45, 2.75) is 46.2 Å². The molecule has 0 aliphatic carbocycles. The van der Waals surface area contributed by atoms with Gasteiger partial charge in [-0.3, -0.25) is 4.79 Å². The highest BCUT2D eigenvalue weighted by Crippen LogP contribution is 2.19. The highest BCUT2D eigenvalue weighted by Gasteiger charge is 2.19. The molecule has 6 heteroatoms. The third-order valence-corrected chi connectivity index (χ3v) is 3.75. The van der Waals surface area contributed by atoms with Crippen LogP contribution in [0.25, 0.3) is 11.0 Å². The lowest BCUT2D eigenvalue weighted by Crippen LogP contribution is -2.40. The number of hydrogen-bond acceptors (Lipinski definition) is 4. The van der Waals surface area contributed by atoms with Crippen molar-refractivity contribution in [3.05, 3.63) is 18.5 Å². The Hall–Kier alpha value is -1.95. The van der Waals surface area contributed by atoms with Crippen LogP contribution in [0.5, 0.6) is 0 Å². The Morgan fingerprint density at radius 1 is 1.38 bits per heavy atom. The maximum Gasteiger partial charge on any atom is 0.241 e. The summed E-state index contributed by atoms with van der Waals surface area (Å²) >= 11 is 0. The number of carbonyl (C=O) groups is 1. The van der Waals surface area contributed by atoms with Crippen molar-refractivity contribution in [2.24, 2.45) is 11.7 Å².